The number of rotatable bonds is 3. The van der Waals surface area contributed by atoms with Crippen molar-refractivity contribution in [3.63, 3.8) is 0 Å². The van der Waals surface area contributed by atoms with Gasteiger partial charge in [-0.05, 0) is 56.6 Å². The Bertz CT molecular complexity index is 776. The Hall–Kier alpha value is -2.78. The van der Waals surface area contributed by atoms with Gasteiger partial charge in [-0.2, -0.15) is 0 Å². The minimum absolute atomic E-state index is 0.212. The quantitative estimate of drug-likeness (QED) is 0.514. The standard InChI is InChI=1S/C15H10O.C6H10O2.C3H10N2.C2H6/c16-12-15-10-8-14(9-11-15)7-6-13-4-2-1-3-5-13;7-5-2-1-3-6(8)4-5;4-2-1-3-5;1-2/h1-5,8-12H;5,7H,1-4H2;1-5H2;1-2H3. The number of carbonyl (C=O) groups excluding carboxylic acids is 2. The number of ketones is 1. The molecule has 2 aromatic carbocycles. The summed E-state index contributed by atoms with van der Waals surface area (Å²) in [6.07, 6.45) is 4.19. The third kappa shape index (κ3) is 14.8. The first kappa shape index (κ1) is 28.2. The highest BCUT2D eigenvalue weighted by Gasteiger charge is 2.15. The van der Waals surface area contributed by atoms with Gasteiger partial charge in [0.25, 0.3) is 0 Å². The van der Waals surface area contributed by atoms with E-state index in [1.54, 1.807) is 12.1 Å². The van der Waals surface area contributed by atoms with Gasteiger partial charge in [0.2, 0.25) is 0 Å². The van der Waals surface area contributed by atoms with Crippen molar-refractivity contribution < 1.29 is 14.7 Å². The number of hydrogen-bond acceptors (Lipinski definition) is 5. The van der Waals surface area contributed by atoms with E-state index < -0.39 is 0 Å². The Morgan fingerprint density at radius 1 is 0.968 bits per heavy atom. The third-order valence-corrected chi connectivity index (χ3v) is 4.04. The van der Waals surface area contributed by atoms with Crippen molar-refractivity contribution in [1.82, 2.24) is 0 Å². The van der Waals surface area contributed by atoms with Gasteiger partial charge >= 0.3 is 0 Å². The summed E-state index contributed by atoms with van der Waals surface area (Å²) < 4.78 is 0. The molecule has 1 fully saturated rings. The number of hydrogen-bond donors (Lipinski definition) is 3. The predicted octanol–water partition coefficient (Wildman–Crippen LogP) is 3.71. The molecular weight excluding hydrogens is 388 g/mol. The molecule has 5 heteroatoms. The summed E-state index contributed by atoms with van der Waals surface area (Å²) in [5.74, 6) is 6.32. The molecule has 1 aliphatic rings. The first-order valence-electron chi connectivity index (χ1n) is 10.8. The van der Waals surface area contributed by atoms with E-state index in [4.69, 9.17) is 16.6 Å². The third-order valence-electron chi connectivity index (χ3n) is 4.04. The molecule has 1 saturated carbocycles. The van der Waals surface area contributed by atoms with Gasteiger partial charge in [-0.25, -0.2) is 0 Å². The molecular formula is C26H36N2O3. The molecule has 5 N–H and O–H groups in total. The van der Waals surface area contributed by atoms with Gasteiger partial charge in [0.1, 0.15) is 12.1 Å². The highest BCUT2D eigenvalue weighted by atomic mass is 16.3. The number of benzene rings is 2. The summed E-state index contributed by atoms with van der Waals surface area (Å²) >= 11 is 0. The largest absolute Gasteiger partial charge is 0.393 e. The molecule has 0 bridgehead atoms. The van der Waals surface area contributed by atoms with Gasteiger partial charge in [0.15, 0.2) is 0 Å². The summed E-state index contributed by atoms with van der Waals surface area (Å²) in [6.45, 7) is 5.44. The van der Waals surface area contributed by atoms with Gasteiger partial charge in [0.05, 0.1) is 6.10 Å². The van der Waals surface area contributed by atoms with Crippen LogP contribution in [-0.2, 0) is 4.79 Å². The van der Waals surface area contributed by atoms with Crippen LogP contribution in [0.3, 0.4) is 0 Å². The van der Waals surface area contributed by atoms with Crippen LogP contribution < -0.4 is 11.5 Å². The maximum absolute atomic E-state index is 10.5. The van der Waals surface area contributed by atoms with Crippen LogP contribution in [0.1, 0.15) is 67.4 Å². The second-order valence-corrected chi connectivity index (χ2v) is 6.58. The average molecular weight is 425 g/mol. The lowest BCUT2D eigenvalue weighted by atomic mass is 9.97. The molecule has 5 nitrogen and oxygen atoms in total. The Kier molecular flexibility index (Phi) is 17.5. The van der Waals surface area contributed by atoms with Crippen LogP contribution in [0, 0.1) is 11.8 Å². The number of aliphatic hydroxyl groups excluding tert-OH is 1. The summed E-state index contributed by atoms with van der Waals surface area (Å²) in [6, 6.07) is 17.0. The zero-order chi connectivity index (χ0) is 23.3. The molecule has 31 heavy (non-hydrogen) atoms. The van der Waals surface area contributed by atoms with Crippen molar-refractivity contribution in [3.05, 3.63) is 71.3 Å². The molecule has 0 aliphatic heterocycles. The smallest absolute Gasteiger partial charge is 0.150 e. The summed E-state index contributed by atoms with van der Waals surface area (Å²) in [7, 11) is 0. The molecule has 0 spiro atoms. The van der Waals surface area contributed by atoms with Crippen LogP contribution in [0.4, 0.5) is 0 Å². The maximum Gasteiger partial charge on any atom is 0.150 e. The fourth-order valence-corrected chi connectivity index (χ4v) is 2.43. The normalized spacial score (nSPS) is 14.1. The van der Waals surface area contributed by atoms with E-state index in [-0.39, 0.29) is 11.9 Å². The summed E-state index contributed by atoms with van der Waals surface area (Å²) in [4.78, 5) is 21.0. The Labute approximate surface area is 186 Å². The van der Waals surface area contributed by atoms with Crippen LogP contribution in [0.2, 0.25) is 0 Å². The zero-order valence-electron chi connectivity index (χ0n) is 18.7. The highest BCUT2D eigenvalue weighted by Crippen LogP contribution is 2.13. The molecule has 1 aliphatic carbocycles. The lowest BCUT2D eigenvalue weighted by Gasteiger charge is -2.13. The predicted molar refractivity (Wildman–Crippen MR) is 128 cm³/mol. The Balaban J connectivity index is 0.000000501. The first-order chi connectivity index (χ1) is 15.1. The molecule has 0 heterocycles. The monoisotopic (exact) mass is 424 g/mol. The van der Waals surface area contributed by atoms with Gasteiger partial charge < -0.3 is 16.6 Å². The summed E-state index contributed by atoms with van der Waals surface area (Å²) in [5, 5.41) is 8.86. The van der Waals surface area contributed by atoms with Crippen molar-refractivity contribution in [2.24, 2.45) is 11.5 Å². The fraction of sp³-hybridized carbons (Fsp3) is 0.385. The number of carbonyl (C=O) groups is 2. The van der Waals surface area contributed by atoms with Gasteiger partial charge in [-0.1, -0.05) is 56.0 Å². The van der Waals surface area contributed by atoms with E-state index in [2.05, 4.69) is 11.8 Å². The second-order valence-electron chi connectivity index (χ2n) is 6.58. The molecule has 0 saturated heterocycles. The zero-order valence-corrected chi connectivity index (χ0v) is 18.7. The van der Waals surface area contributed by atoms with Crippen LogP contribution in [0.15, 0.2) is 54.6 Å². The van der Waals surface area contributed by atoms with Crippen LogP contribution in [0.25, 0.3) is 0 Å². The SMILES string of the molecule is CC.NCCCN.O=C1CCCC(O)C1.O=Cc1ccc(C#Cc2ccccc2)cc1. The molecule has 168 valence electrons. The molecule has 3 rings (SSSR count). The van der Waals surface area contributed by atoms with Crippen molar-refractivity contribution in [2.75, 3.05) is 13.1 Å². The van der Waals surface area contributed by atoms with E-state index in [1.165, 1.54) is 0 Å². The van der Waals surface area contributed by atoms with E-state index in [0.29, 0.717) is 18.4 Å². The molecule has 0 aromatic heterocycles. The van der Waals surface area contributed by atoms with E-state index in [0.717, 1.165) is 49.8 Å². The number of aldehydes is 1. The van der Waals surface area contributed by atoms with Crippen molar-refractivity contribution >= 4 is 12.1 Å². The number of aliphatic hydroxyl groups is 1. The van der Waals surface area contributed by atoms with E-state index >= 15 is 0 Å². The molecule has 0 amide bonds. The van der Waals surface area contributed by atoms with E-state index in [9.17, 15) is 9.59 Å². The highest BCUT2D eigenvalue weighted by molar-refractivity contribution is 5.79. The van der Waals surface area contributed by atoms with Gasteiger partial charge in [0, 0.05) is 29.5 Å². The lowest BCUT2D eigenvalue weighted by molar-refractivity contribution is -0.122. The van der Waals surface area contributed by atoms with Crippen molar-refractivity contribution in [3.8, 4) is 11.8 Å². The fourth-order valence-electron chi connectivity index (χ4n) is 2.43. The second kappa shape index (κ2) is 19.2. The van der Waals surface area contributed by atoms with E-state index in [1.807, 2.05) is 56.3 Å². The Morgan fingerprint density at radius 2 is 1.52 bits per heavy atom. The number of Topliss-reactive ketones (excluding diaryl/α,β-unsaturated/α-hetero) is 1. The van der Waals surface area contributed by atoms with Gasteiger partial charge in [-0.15, -0.1) is 0 Å². The lowest BCUT2D eigenvalue weighted by Crippen LogP contribution is -2.18. The molecule has 2 aromatic rings. The topological polar surface area (TPSA) is 106 Å². The molecule has 1 unspecified atom stereocenters. The van der Waals surface area contributed by atoms with Crippen LogP contribution >= 0.6 is 0 Å². The maximum atomic E-state index is 10.5. The summed E-state index contributed by atoms with van der Waals surface area (Å²) in [5.41, 5.74) is 12.7. The van der Waals surface area contributed by atoms with Crippen LogP contribution in [-0.4, -0.2) is 36.4 Å². The number of nitrogens with two attached hydrogens (primary N) is 2. The van der Waals surface area contributed by atoms with Crippen molar-refractivity contribution in [2.45, 2.75) is 52.1 Å². The van der Waals surface area contributed by atoms with Gasteiger partial charge in [-0.3, -0.25) is 9.59 Å². The van der Waals surface area contributed by atoms with Crippen molar-refractivity contribution in [1.29, 1.82) is 0 Å². The molecule has 1 atom stereocenters. The first-order valence-corrected chi connectivity index (χ1v) is 10.8. The van der Waals surface area contributed by atoms with Crippen LogP contribution in [0.5, 0.6) is 0 Å². The average Bonchev–Trinajstić information content (AvgIpc) is 2.81. The minimum atomic E-state index is -0.337. The minimum Gasteiger partial charge on any atom is -0.393 e. The molecule has 0 radical (unpaired) electrons. The Morgan fingerprint density at radius 3 is 1.90 bits per heavy atom.